The lowest BCUT2D eigenvalue weighted by atomic mass is 10.0. The van der Waals surface area contributed by atoms with Gasteiger partial charge < -0.3 is 40.9 Å². The predicted octanol–water partition coefficient (Wildman–Crippen LogP) is -4.84. The number of rotatable bonds is 6. The van der Waals surface area contributed by atoms with Gasteiger partial charge in [0.15, 0.2) is 6.29 Å². The zero-order valence-electron chi connectivity index (χ0n) is 7.76. The molecule has 0 aliphatic carbocycles. The number of carbonyl (C=O) groups is 1. The third kappa shape index (κ3) is 4.62. The van der Waals surface area contributed by atoms with Gasteiger partial charge in [0.2, 0.25) is 0 Å². The normalized spacial score (nSPS) is 20.7. The first-order valence-electron chi connectivity index (χ1n) is 3.92. The second-order valence-corrected chi connectivity index (χ2v) is 2.85. The van der Waals surface area contributed by atoms with Crippen molar-refractivity contribution >= 4 is 6.29 Å². The van der Waals surface area contributed by atoms with Gasteiger partial charge in [0, 0.05) is 0 Å². The SMILES string of the molecule is O.O=C[C@@H](O)[C@H](O)[C@@H](O)[C@H](O)[C@@H](O)CO. The van der Waals surface area contributed by atoms with Crippen molar-refractivity contribution in [2.45, 2.75) is 30.5 Å². The highest BCUT2D eigenvalue weighted by molar-refractivity contribution is 5.56. The van der Waals surface area contributed by atoms with Gasteiger partial charge in [-0.3, -0.25) is 0 Å². The van der Waals surface area contributed by atoms with Gasteiger partial charge in [0.05, 0.1) is 6.61 Å². The summed E-state index contributed by atoms with van der Waals surface area (Å²) in [6.07, 6.45) is -9.21. The van der Waals surface area contributed by atoms with Crippen molar-refractivity contribution in [3.63, 3.8) is 0 Å². The number of hydrogen-bond donors (Lipinski definition) is 6. The molecular weight excluding hydrogens is 212 g/mol. The van der Waals surface area contributed by atoms with E-state index >= 15 is 0 Å². The van der Waals surface area contributed by atoms with Crippen LogP contribution in [0.2, 0.25) is 0 Å². The second kappa shape index (κ2) is 7.65. The average molecular weight is 228 g/mol. The molecule has 0 spiro atoms. The molecule has 8 N–H and O–H groups in total. The van der Waals surface area contributed by atoms with E-state index in [9.17, 15) is 4.79 Å². The topological polar surface area (TPSA) is 170 Å². The highest BCUT2D eigenvalue weighted by Crippen LogP contribution is 2.07. The van der Waals surface area contributed by atoms with Crippen molar-refractivity contribution in [1.29, 1.82) is 0 Å². The van der Waals surface area contributed by atoms with E-state index in [2.05, 4.69) is 0 Å². The molecule has 0 aromatic carbocycles. The Morgan fingerprint density at radius 2 is 1.40 bits per heavy atom. The molecule has 8 nitrogen and oxygen atoms in total. The fourth-order valence-corrected chi connectivity index (χ4v) is 0.820. The van der Waals surface area contributed by atoms with Crippen LogP contribution in [0.15, 0.2) is 0 Å². The molecule has 0 heterocycles. The van der Waals surface area contributed by atoms with Crippen LogP contribution >= 0.6 is 0 Å². The van der Waals surface area contributed by atoms with Gasteiger partial charge in [0.1, 0.15) is 30.5 Å². The van der Waals surface area contributed by atoms with Crippen molar-refractivity contribution < 1.29 is 40.9 Å². The number of aliphatic hydroxyl groups is 6. The highest BCUT2D eigenvalue weighted by Gasteiger charge is 2.33. The molecule has 0 saturated carbocycles. The molecule has 0 amide bonds. The summed E-state index contributed by atoms with van der Waals surface area (Å²) in [5.41, 5.74) is 0. The molecular formula is C7H16O8. The van der Waals surface area contributed by atoms with E-state index in [1.807, 2.05) is 0 Å². The number of aliphatic hydroxyl groups excluding tert-OH is 6. The lowest BCUT2D eigenvalue weighted by Crippen LogP contribution is -2.50. The summed E-state index contributed by atoms with van der Waals surface area (Å²) in [4.78, 5) is 10.00. The van der Waals surface area contributed by atoms with Crippen LogP contribution in [0.1, 0.15) is 0 Å². The van der Waals surface area contributed by atoms with Crippen LogP contribution in [0.5, 0.6) is 0 Å². The van der Waals surface area contributed by atoms with Gasteiger partial charge in [-0.15, -0.1) is 0 Å². The summed E-state index contributed by atoms with van der Waals surface area (Å²) in [5, 5.41) is 53.2. The van der Waals surface area contributed by atoms with E-state index < -0.39 is 37.1 Å². The fourth-order valence-electron chi connectivity index (χ4n) is 0.820. The number of aldehydes is 1. The van der Waals surface area contributed by atoms with Crippen molar-refractivity contribution in [3.8, 4) is 0 Å². The molecule has 0 saturated heterocycles. The largest absolute Gasteiger partial charge is 0.412 e. The van der Waals surface area contributed by atoms with E-state index in [0.717, 1.165) is 0 Å². The van der Waals surface area contributed by atoms with Gasteiger partial charge in [-0.2, -0.15) is 0 Å². The molecule has 92 valence electrons. The minimum Gasteiger partial charge on any atom is -0.412 e. The Morgan fingerprint density at radius 1 is 0.933 bits per heavy atom. The molecule has 0 aliphatic heterocycles. The lowest BCUT2D eigenvalue weighted by molar-refractivity contribution is -0.147. The molecule has 0 radical (unpaired) electrons. The van der Waals surface area contributed by atoms with Crippen LogP contribution in [-0.4, -0.2) is 79.5 Å². The van der Waals surface area contributed by atoms with Crippen LogP contribution in [0.25, 0.3) is 0 Å². The van der Waals surface area contributed by atoms with E-state index in [-0.39, 0.29) is 11.8 Å². The molecule has 0 aliphatic rings. The van der Waals surface area contributed by atoms with E-state index in [4.69, 9.17) is 30.6 Å². The van der Waals surface area contributed by atoms with Gasteiger partial charge in [0.25, 0.3) is 0 Å². The van der Waals surface area contributed by atoms with Crippen LogP contribution in [-0.2, 0) is 4.79 Å². The molecule has 0 aromatic rings. The number of carbonyl (C=O) groups excluding carboxylic acids is 1. The molecule has 15 heavy (non-hydrogen) atoms. The Balaban J connectivity index is 0. The summed E-state index contributed by atoms with van der Waals surface area (Å²) in [5.74, 6) is 0. The van der Waals surface area contributed by atoms with Crippen LogP contribution in [0.4, 0.5) is 0 Å². The smallest absolute Gasteiger partial charge is 0.151 e. The van der Waals surface area contributed by atoms with Crippen molar-refractivity contribution in [3.05, 3.63) is 0 Å². The van der Waals surface area contributed by atoms with Gasteiger partial charge >= 0.3 is 0 Å². The molecule has 0 fully saturated rings. The second-order valence-electron chi connectivity index (χ2n) is 2.85. The Kier molecular flexibility index (Phi) is 8.57. The van der Waals surface area contributed by atoms with E-state index in [1.165, 1.54) is 0 Å². The summed E-state index contributed by atoms with van der Waals surface area (Å²) in [7, 11) is 0. The van der Waals surface area contributed by atoms with Crippen molar-refractivity contribution in [1.82, 2.24) is 0 Å². The van der Waals surface area contributed by atoms with Crippen LogP contribution in [0, 0.1) is 0 Å². The van der Waals surface area contributed by atoms with Crippen LogP contribution in [0.3, 0.4) is 0 Å². The van der Waals surface area contributed by atoms with E-state index in [1.54, 1.807) is 0 Å². The zero-order valence-corrected chi connectivity index (χ0v) is 7.76. The monoisotopic (exact) mass is 228 g/mol. The Morgan fingerprint density at radius 3 is 1.73 bits per heavy atom. The standard InChI is InChI=1S/C7H14O7.H2O/c8-1-3(10)5(12)7(14)6(13)4(11)2-9;/h1,3-7,9-14H,2H2;1H2/t3-,4+,5+,6-,7-;/m1./s1. The maximum atomic E-state index is 10.00. The fraction of sp³-hybridized carbons (Fsp3) is 0.857. The Labute approximate surface area is 85.3 Å². The summed E-state index contributed by atoms with van der Waals surface area (Å²) < 4.78 is 0. The Hall–Kier alpha value is -0.610. The molecule has 5 atom stereocenters. The summed E-state index contributed by atoms with van der Waals surface area (Å²) in [6.45, 7) is -0.817. The van der Waals surface area contributed by atoms with Gasteiger partial charge in [-0.05, 0) is 0 Å². The third-order valence-electron chi connectivity index (χ3n) is 1.77. The minimum absolute atomic E-state index is 0. The summed E-state index contributed by atoms with van der Waals surface area (Å²) in [6, 6.07) is 0. The van der Waals surface area contributed by atoms with Gasteiger partial charge in [-0.25, -0.2) is 0 Å². The first kappa shape index (κ1) is 16.8. The maximum absolute atomic E-state index is 10.00. The summed E-state index contributed by atoms with van der Waals surface area (Å²) >= 11 is 0. The predicted molar refractivity (Wildman–Crippen MR) is 46.8 cm³/mol. The van der Waals surface area contributed by atoms with Crippen molar-refractivity contribution in [2.24, 2.45) is 0 Å². The van der Waals surface area contributed by atoms with Crippen LogP contribution < -0.4 is 0 Å². The van der Waals surface area contributed by atoms with E-state index in [0.29, 0.717) is 0 Å². The molecule has 0 aromatic heterocycles. The maximum Gasteiger partial charge on any atom is 0.151 e. The first-order chi connectivity index (χ1) is 6.45. The van der Waals surface area contributed by atoms with Gasteiger partial charge in [-0.1, -0.05) is 0 Å². The lowest BCUT2D eigenvalue weighted by Gasteiger charge is -2.26. The minimum atomic E-state index is -1.92. The molecule has 8 heteroatoms. The quantitative estimate of drug-likeness (QED) is 0.247. The first-order valence-corrected chi connectivity index (χ1v) is 3.92. The number of hydrogen-bond acceptors (Lipinski definition) is 7. The third-order valence-corrected chi connectivity index (χ3v) is 1.77. The molecule has 0 bridgehead atoms. The highest BCUT2D eigenvalue weighted by atomic mass is 16.4. The molecule has 0 rings (SSSR count). The van der Waals surface area contributed by atoms with Crippen molar-refractivity contribution in [2.75, 3.05) is 6.61 Å². The Bertz CT molecular complexity index is 174. The molecule has 0 unspecified atom stereocenters. The zero-order chi connectivity index (χ0) is 11.3. The average Bonchev–Trinajstić information content (AvgIpc) is 2.23.